The first kappa shape index (κ1) is 21.1. The second kappa shape index (κ2) is 10.2. The first-order valence-corrected chi connectivity index (χ1v) is 10.7. The Labute approximate surface area is 172 Å². The van der Waals surface area contributed by atoms with Crippen LogP contribution in [0.25, 0.3) is 10.8 Å². The number of carbonyl (C=O) groups excluding carboxylic acids is 2. The van der Waals surface area contributed by atoms with Gasteiger partial charge < -0.3 is 9.47 Å². The topological polar surface area (TPSA) is 52.6 Å². The molecule has 0 aromatic heterocycles. The van der Waals surface area contributed by atoms with Crippen molar-refractivity contribution in [1.29, 1.82) is 0 Å². The van der Waals surface area contributed by atoms with Gasteiger partial charge in [-0.1, -0.05) is 63.5 Å². The zero-order valence-corrected chi connectivity index (χ0v) is 17.2. The van der Waals surface area contributed by atoms with E-state index < -0.39 is 5.97 Å². The van der Waals surface area contributed by atoms with Gasteiger partial charge in [0.2, 0.25) is 0 Å². The number of unbranched alkanes of at least 4 members (excludes halogenated alkanes) is 2. The lowest BCUT2D eigenvalue weighted by Gasteiger charge is -2.27. The van der Waals surface area contributed by atoms with Gasteiger partial charge >= 0.3 is 11.9 Å². The smallest absolute Gasteiger partial charge is 0.335 e. The molecule has 4 nitrogen and oxygen atoms in total. The molecule has 0 aliphatic heterocycles. The van der Waals surface area contributed by atoms with Gasteiger partial charge in [-0.15, -0.1) is 0 Å². The normalized spacial score (nSPS) is 18.9. The maximum atomic E-state index is 12.8. The van der Waals surface area contributed by atoms with Crippen LogP contribution in [0.5, 0.6) is 11.5 Å². The molecule has 1 fully saturated rings. The number of esters is 2. The second-order valence-electron chi connectivity index (χ2n) is 7.87. The lowest BCUT2D eigenvalue weighted by atomic mass is 9.80. The molecule has 154 valence electrons. The molecule has 0 bridgehead atoms. The van der Waals surface area contributed by atoms with Gasteiger partial charge in [-0.3, -0.25) is 4.79 Å². The van der Waals surface area contributed by atoms with Crippen molar-refractivity contribution in [3.8, 4) is 11.5 Å². The van der Waals surface area contributed by atoms with Crippen LogP contribution < -0.4 is 9.47 Å². The van der Waals surface area contributed by atoms with Crippen LogP contribution in [0.2, 0.25) is 0 Å². The molecule has 2 aromatic carbocycles. The summed E-state index contributed by atoms with van der Waals surface area (Å²) in [6, 6.07) is 10.8. The van der Waals surface area contributed by atoms with Crippen molar-refractivity contribution in [2.24, 2.45) is 11.8 Å². The van der Waals surface area contributed by atoms with Crippen LogP contribution in [0.4, 0.5) is 0 Å². The fraction of sp³-hybridized carbons (Fsp3) is 0.440. The van der Waals surface area contributed by atoms with Crippen LogP contribution in [0.15, 0.2) is 49.1 Å². The van der Waals surface area contributed by atoms with E-state index in [0.717, 1.165) is 48.4 Å². The highest BCUT2D eigenvalue weighted by atomic mass is 16.5. The molecule has 0 spiro atoms. The Kier molecular flexibility index (Phi) is 7.45. The quantitative estimate of drug-likeness (QED) is 0.231. The van der Waals surface area contributed by atoms with Crippen LogP contribution in [0.1, 0.15) is 58.3 Å². The minimum Gasteiger partial charge on any atom is -0.426 e. The molecule has 0 amide bonds. The largest absolute Gasteiger partial charge is 0.426 e. The molecule has 0 heterocycles. The Morgan fingerprint density at radius 1 is 0.966 bits per heavy atom. The standard InChI is InChI=1S/C25H30O4/c1-3-5-6-9-18-14-16-19(17-15-18)25(27)29-23-13-8-10-20-21(23)11-7-12-22(20)28-24(26)4-2/h4,7-8,10-13,18-19H,2-3,5-6,9,14-17H2,1H3. The highest BCUT2D eigenvalue weighted by molar-refractivity contribution is 5.96. The number of hydrogen-bond donors (Lipinski definition) is 0. The van der Waals surface area contributed by atoms with Gasteiger partial charge in [0.1, 0.15) is 11.5 Å². The fourth-order valence-electron chi connectivity index (χ4n) is 4.14. The van der Waals surface area contributed by atoms with E-state index >= 15 is 0 Å². The Hall–Kier alpha value is -2.62. The predicted octanol–water partition coefficient (Wildman–Crippen LogP) is 6.22. The third kappa shape index (κ3) is 5.47. The van der Waals surface area contributed by atoms with Crippen molar-refractivity contribution < 1.29 is 19.1 Å². The van der Waals surface area contributed by atoms with Gasteiger partial charge in [-0.2, -0.15) is 0 Å². The Morgan fingerprint density at radius 3 is 2.17 bits per heavy atom. The number of carbonyl (C=O) groups is 2. The maximum Gasteiger partial charge on any atom is 0.335 e. The summed E-state index contributed by atoms with van der Waals surface area (Å²) in [6.07, 6.45) is 10.3. The highest BCUT2D eigenvalue weighted by Gasteiger charge is 2.28. The molecule has 3 rings (SSSR count). The zero-order valence-electron chi connectivity index (χ0n) is 17.2. The second-order valence-corrected chi connectivity index (χ2v) is 7.87. The van der Waals surface area contributed by atoms with Crippen LogP contribution >= 0.6 is 0 Å². The van der Waals surface area contributed by atoms with E-state index in [4.69, 9.17) is 9.47 Å². The summed E-state index contributed by atoms with van der Waals surface area (Å²) in [4.78, 5) is 24.3. The minimum atomic E-state index is -0.518. The molecule has 0 saturated heterocycles. The van der Waals surface area contributed by atoms with Crippen molar-refractivity contribution in [2.45, 2.75) is 58.3 Å². The summed E-state index contributed by atoms with van der Waals surface area (Å²) in [5.74, 6) is 0.986. The fourth-order valence-corrected chi connectivity index (χ4v) is 4.14. The number of benzene rings is 2. The monoisotopic (exact) mass is 394 g/mol. The molecule has 0 N–H and O–H groups in total. The third-order valence-corrected chi connectivity index (χ3v) is 5.83. The van der Waals surface area contributed by atoms with Gasteiger partial charge in [0.25, 0.3) is 0 Å². The molecule has 1 aliphatic rings. The molecule has 2 aromatic rings. The summed E-state index contributed by atoms with van der Waals surface area (Å²) in [7, 11) is 0. The maximum absolute atomic E-state index is 12.8. The van der Waals surface area contributed by atoms with Crippen molar-refractivity contribution >= 4 is 22.7 Å². The summed E-state index contributed by atoms with van der Waals surface area (Å²) < 4.78 is 11.1. The number of rotatable bonds is 8. The van der Waals surface area contributed by atoms with E-state index in [0.29, 0.717) is 11.5 Å². The molecule has 1 saturated carbocycles. The average Bonchev–Trinajstić information content (AvgIpc) is 2.75. The lowest BCUT2D eigenvalue weighted by Crippen LogP contribution is -2.25. The SMILES string of the molecule is C=CC(=O)Oc1cccc2c(OC(=O)C3CCC(CCCCC)CC3)cccc12. The third-order valence-electron chi connectivity index (χ3n) is 5.83. The van der Waals surface area contributed by atoms with E-state index in [2.05, 4.69) is 13.5 Å². The van der Waals surface area contributed by atoms with E-state index in [1.807, 2.05) is 12.1 Å². The van der Waals surface area contributed by atoms with Crippen LogP contribution in [0.3, 0.4) is 0 Å². The first-order valence-electron chi connectivity index (χ1n) is 10.7. The summed E-state index contributed by atoms with van der Waals surface area (Å²) in [5, 5.41) is 1.48. The van der Waals surface area contributed by atoms with Crippen molar-refractivity contribution in [3.63, 3.8) is 0 Å². The Bertz CT molecular complexity index is 862. The van der Waals surface area contributed by atoms with Gasteiger partial charge in [0, 0.05) is 16.8 Å². The van der Waals surface area contributed by atoms with Crippen LogP contribution in [-0.2, 0) is 9.59 Å². The van der Waals surface area contributed by atoms with Gasteiger partial charge in [0.05, 0.1) is 5.92 Å². The molecular weight excluding hydrogens is 364 g/mol. The van der Waals surface area contributed by atoms with Gasteiger partial charge in [-0.05, 0) is 43.7 Å². The van der Waals surface area contributed by atoms with E-state index in [-0.39, 0.29) is 11.9 Å². The van der Waals surface area contributed by atoms with Crippen LogP contribution in [-0.4, -0.2) is 11.9 Å². The van der Waals surface area contributed by atoms with Crippen molar-refractivity contribution in [2.75, 3.05) is 0 Å². The molecule has 4 heteroatoms. The molecule has 1 aliphatic carbocycles. The first-order chi connectivity index (χ1) is 14.1. The van der Waals surface area contributed by atoms with E-state index in [1.54, 1.807) is 24.3 Å². The molecule has 29 heavy (non-hydrogen) atoms. The van der Waals surface area contributed by atoms with Crippen molar-refractivity contribution in [3.05, 3.63) is 49.1 Å². The van der Waals surface area contributed by atoms with Crippen molar-refractivity contribution in [1.82, 2.24) is 0 Å². The predicted molar refractivity (Wildman–Crippen MR) is 115 cm³/mol. The Balaban J connectivity index is 1.66. The summed E-state index contributed by atoms with van der Waals surface area (Å²) >= 11 is 0. The van der Waals surface area contributed by atoms with E-state index in [1.165, 1.54) is 25.7 Å². The molecule has 0 atom stereocenters. The minimum absolute atomic E-state index is 0.0329. The van der Waals surface area contributed by atoms with Gasteiger partial charge in [0.15, 0.2) is 0 Å². The summed E-state index contributed by atoms with van der Waals surface area (Å²) in [6.45, 7) is 5.66. The van der Waals surface area contributed by atoms with Gasteiger partial charge in [-0.25, -0.2) is 4.79 Å². The molecule has 0 radical (unpaired) electrons. The number of ether oxygens (including phenoxy) is 2. The van der Waals surface area contributed by atoms with Crippen LogP contribution in [0, 0.1) is 11.8 Å². The number of hydrogen-bond acceptors (Lipinski definition) is 4. The molecular formula is C25H30O4. The molecule has 0 unspecified atom stereocenters. The van der Waals surface area contributed by atoms with E-state index in [9.17, 15) is 9.59 Å². The summed E-state index contributed by atoms with van der Waals surface area (Å²) in [5.41, 5.74) is 0. The zero-order chi connectivity index (χ0) is 20.6. The average molecular weight is 395 g/mol. The number of fused-ring (bicyclic) bond motifs is 1. The lowest BCUT2D eigenvalue weighted by molar-refractivity contribution is -0.140. The Morgan fingerprint density at radius 2 is 1.59 bits per heavy atom. The highest BCUT2D eigenvalue weighted by Crippen LogP contribution is 2.35.